The number of fused-ring (bicyclic) bond motifs is 1. The van der Waals surface area contributed by atoms with Gasteiger partial charge in [-0.05, 0) is 49.3 Å². The SMILES string of the molecule is CC1CCCCC1N(C)C(=O)c1cccc2c1CCCN2. The van der Waals surface area contributed by atoms with Crippen molar-refractivity contribution in [3.8, 4) is 0 Å². The number of carbonyl (C=O) groups excluding carboxylic acids is 1. The molecule has 0 bridgehead atoms. The van der Waals surface area contributed by atoms with E-state index in [1.54, 1.807) is 0 Å². The Morgan fingerprint density at radius 1 is 1.24 bits per heavy atom. The van der Waals surface area contributed by atoms with Gasteiger partial charge in [-0.25, -0.2) is 0 Å². The van der Waals surface area contributed by atoms with Crippen LogP contribution in [-0.2, 0) is 6.42 Å². The molecule has 3 rings (SSSR count). The lowest BCUT2D eigenvalue weighted by atomic mass is 9.84. The molecule has 1 fully saturated rings. The molecule has 3 nitrogen and oxygen atoms in total. The van der Waals surface area contributed by atoms with Gasteiger partial charge >= 0.3 is 0 Å². The molecule has 1 aliphatic carbocycles. The van der Waals surface area contributed by atoms with Crippen molar-refractivity contribution >= 4 is 11.6 Å². The first-order valence-corrected chi connectivity index (χ1v) is 8.31. The summed E-state index contributed by atoms with van der Waals surface area (Å²) in [5.41, 5.74) is 3.27. The number of nitrogens with zero attached hydrogens (tertiary/aromatic N) is 1. The fraction of sp³-hybridized carbons (Fsp3) is 0.611. The van der Waals surface area contributed by atoms with Gasteiger partial charge < -0.3 is 10.2 Å². The van der Waals surface area contributed by atoms with E-state index in [9.17, 15) is 4.79 Å². The molecule has 0 spiro atoms. The molecule has 0 radical (unpaired) electrons. The van der Waals surface area contributed by atoms with Crippen LogP contribution < -0.4 is 5.32 Å². The minimum atomic E-state index is 0.203. The molecule has 0 aromatic heterocycles. The summed E-state index contributed by atoms with van der Waals surface area (Å²) in [5.74, 6) is 0.819. The van der Waals surface area contributed by atoms with Crippen molar-refractivity contribution in [1.29, 1.82) is 0 Å². The minimum Gasteiger partial charge on any atom is -0.385 e. The first-order chi connectivity index (χ1) is 10.2. The zero-order valence-electron chi connectivity index (χ0n) is 13.2. The molecule has 2 aliphatic rings. The molecule has 1 aliphatic heterocycles. The Morgan fingerprint density at radius 3 is 2.86 bits per heavy atom. The highest BCUT2D eigenvalue weighted by Crippen LogP contribution is 2.30. The number of nitrogens with one attached hydrogen (secondary N) is 1. The number of amides is 1. The number of benzene rings is 1. The topological polar surface area (TPSA) is 32.3 Å². The summed E-state index contributed by atoms with van der Waals surface area (Å²) in [5, 5.41) is 3.41. The van der Waals surface area contributed by atoms with Gasteiger partial charge in [-0.3, -0.25) is 4.79 Å². The van der Waals surface area contributed by atoms with E-state index in [1.807, 2.05) is 24.1 Å². The van der Waals surface area contributed by atoms with Gasteiger partial charge in [0.1, 0.15) is 0 Å². The van der Waals surface area contributed by atoms with Crippen molar-refractivity contribution in [2.75, 3.05) is 18.9 Å². The first kappa shape index (κ1) is 14.4. The lowest BCUT2D eigenvalue weighted by molar-refractivity contribution is 0.0628. The molecule has 1 aromatic carbocycles. The number of anilines is 1. The molecule has 21 heavy (non-hydrogen) atoms. The highest BCUT2D eigenvalue weighted by Gasteiger charge is 2.29. The van der Waals surface area contributed by atoms with Crippen LogP contribution in [0, 0.1) is 5.92 Å². The van der Waals surface area contributed by atoms with Crippen LogP contribution in [0.5, 0.6) is 0 Å². The van der Waals surface area contributed by atoms with Crippen LogP contribution >= 0.6 is 0 Å². The predicted octanol–water partition coefficient (Wildman–Crippen LogP) is 3.70. The molecule has 1 N–H and O–H groups in total. The van der Waals surface area contributed by atoms with Gasteiger partial charge in [-0.2, -0.15) is 0 Å². The normalized spacial score (nSPS) is 24.9. The van der Waals surface area contributed by atoms with E-state index >= 15 is 0 Å². The van der Waals surface area contributed by atoms with Crippen molar-refractivity contribution in [2.45, 2.75) is 51.5 Å². The Bertz CT molecular complexity index is 526. The molecule has 1 amide bonds. The average molecular weight is 286 g/mol. The lowest BCUT2D eigenvalue weighted by Gasteiger charge is -2.37. The van der Waals surface area contributed by atoms with Crippen LogP contribution in [-0.4, -0.2) is 30.4 Å². The number of carbonyl (C=O) groups is 1. The predicted molar refractivity (Wildman–Crippen MR) is 86.8 cm³/mol. The molecule has 1 aromatic rings. The molecule has 114 valence electrons. The van der Waals surface area contributed by atoms with Crippen LogP contribution in [0.3, 0.4) is 0 Å². The van der Waals surface area contributed by atoms with Crippen molar-refractivity contribution in [2.24, 2.45) is 5.92 Å². The molecule has 2 unspecified atom stereocenters. The van der Waals surface area contributed by atoms with Crippen LogP contribution in [0.2, 0.25) is 0 Å². The maximum atomic E-state index is 13.0. The number of rotatable bonds is 2. The monoisotopic (exact) mass is 286 g/mol. The van der Waals surface area contributed by atoms with E-state index in [4.69, 9.17) is 0 Å². The molecular weight excluding hydrogens is 260 g/mol. The number of hydrogen-bond acceptors (Lipinski definition) is 2. The Hall–Kier alpha value is -1.51. The molecule has 1 heterocycles. The minimum absolute atomic E-state index is 0.203. The van der Waals surface area contributed by atoms with E-state index in [0.717, 1.165) is 37.1 Å². The quantitative estimate of drug-likeness (QED) is 0.899. The molecule has 2 atom stereocenters. The third-order valence-electron chi connectivity index (χ3n) is 5.21. The zero-order valence-corrected chi connectivity index (χ0v) is 13.2. The third kappa shape index (κ3) is 2.78. The largest absolute Gasteiger partial charge is 0.385 e. The second-order valence-corrected chi connectivity index (χ2v) is 6.61. The maximum absolute atomic E-state index is 13.0. The highest BCUT2D eigenvalue weighted by molar-refractivity contribution is 5.97. The van der Waals surface area contributed by atoms with Crippen molar-refractivity contribution in [3.05, 3.63) is 29.3 Å². The first-order valence-electron chi connectivity index (χ1n) is 8.31. The summed E-state index contributed by atoms with van der Waals surface area (Å²) in [6.45, 7) is 3.30. The average Bonchev–Trinajstić information content (AvgIpc) is 2.53. The van der Waals surface area contributed by atoms with Gasteiger partial charge in [0, 0.05) is 30.9 Å². The lowest BCUT2D eigenvalue weighted by Crippen LogP contribution is -2.43. The van der Waals surface area contributed by atoms with E-state index in [-0.39, 0.29) is 5.91 Å². The second-order valence-electron chi connectivity index (χ2n) is 6.61. The molecular formula is C18H26N2O. The van der Waals surface area contributed by atoms with Crippen molar-refractivity contribution < 1.29 is 4.79 Å². The summed E-state index contributed by atoms with van der Waals surface area (Å²) in [6.07, 6.45) is 7.08. The van der Waals surface area contributed by atoms with Gasteiger partial charge in [0.2, 0.25) is 0 Å². The van der Waals surface area contributed by atoms with Crippen LogP contribution in [0.4, 0.5) is 5.69 Å². The molecule has 1 saturated carbocycles. The van der Waals surface area contributed by atoms with Crippen molar-refractivity contribution in [1.82, 2.24) is 4.90 Å². The molecule has 0 saturated heterocycles. The van der Waals surface area contributed by atoms with E-state index < -0.39 is 0 Å². The molecule has 3 heteroatoms. The summed E-state index contributed by atoms with van der Waals surface area (Å²) in [6, 6.07) is 6.49. The maximum Gasteiger partial charge on any atom is 0.254 e. The number of hydrogen-bond donors (Lipinski definition) is 1. The Balaban J connectivity index is 1.84. The van der Waals surface area contributed by atoms with Crippen molar-refractivity contribution in [3.63, 3.8) is 0 Å². The van der Waals surface area contributed by atoms with Gasteiger partial charge in [-0.15, -0.1) is 0 Å². The Morgan fingerprint density at radius 2 is 2.05 bits per heavy atom. The summed E-state index contributed by atoms with van der Waals surface area (Å²) in [4.78, 5) is 15.0. The van der Waals surface area contributed by atoms with E-state index in [1.165, 1.54) is 24.8 Å². The summed E-state index contributed by atoms with van der Waals surface area (Å²) >= 11 is 0. The van der Waals surface area contributed by atoms with E-state index in [0.29, 0.717) is 12.0 Å². The van der Waals surface area contributed by atoms with E-state index in [2.05, 4.69) is 18.3 Å². The Labute approximate surface area is 127 Å². The smallest absolute Gasteiger partial charge is 0.254 e. The van der Waals surface area contributed by atoms with Gasteiger partial charge in [0.05, 0.1) is 0 Å². The Kier molecular flexibility index (Phi) is 4.18. The van der Waals surface area contributed by atoms with Gasteiger partial charge in [-0.1, -0.05) is 25.8 Å². The highest BCUT2D eigenvalue weighted by atomic mass is 16.2. The fourth-order valence-corrected chi connectivity index (χ4v) is 3.92. The van der Waals surface area contributed by atoms with Gasteiger partial charge in [0.25, 0.3) is 5.91 Å². The van der Waals surface area contributed by atoms with Crippen LogP contribution in [0.25, 0.3) is 0 Å². The third-order valence-corrected chi connectivity index (χ3v) is 5.21. The van der Waals surface area contributed by atoms with Crippen LogP contribution in [0.1, 0.15) is 54.9 Å². The second kappa shape index (κ2) is 6.08. The fourth-order valence-electron chi connectivity index (χ4n) is 3.92. The standard InChI is InChI=1S/C18H26N2O/c1-13-7-3-4-11-17(13)20(2)18(21)15-8-5-10-16-14(15)9-6-12-19-16/h5,8,10,13,17,19H,3-4,6-7,9,11-12H2,1-2H3. The van der Waals surface area contributed by atoms with Gasteiger partial charge in [0.15, 0.2) is 0 Å². The van der Waals surface area contributed by atoms with Crippen LogP contribution in [0.15, 0.2) is 18.2 Å². The summed E-state index contributed by atoms with van der Waals surface area (Å²) in [7, 11) is 1.99. The summed E-state index contributed by atoms with van der Waals surface area (Å²) < 4.78 is 0. The zero-order chi connectivity index (χ0) is 14.8.